The smallest absolute Gasteiger partial charge is 0.0373 e. The molecule has 2 nitrogen and oxygen atoms in total. The van der Waals surface area contributed by atoms with Crippen molar-refractivity contribution in [3.05, 3.63) is 12.7 Å². The van der Waals surface area contributed by atoms with Crippen molar-refractivity contribution in [1.29, 1.82) is 0 Å². The van der Waals surface area contributed by atoms with Crippen LogP contribution >= 0.6 is 0 Å². The van der Waals surface area contributed by atoms with Crippen LogP contribution in [0.15, 0.2) is 12.7 Å². The molecule has 0 radical (unpaired) electrons. The first-order chi connectivity index (χ1) is 4.20. The van der Waals surface area contributed by atoms with Crippen LogP contribution in [0, 0.1) is 0 Å². The van der Waals surface area contributed by atoms with Crippen LogP contribution in [-0.2, 0) is 0 Å². The molecular weight excluding hydrogens is 112 g/mol. The summed E-state index contributed by atoms with van der Waals surface area (Å²) >= 11 is 0. The van der Waals surface area contributed by atoms with Gasteiger partial charge in [0, 0.05) is 12.6 Å². The summed E-state index contributed by atoms with van der Waals surface area (Å²) in [5, 5.41) is 3.12. The van der Waals surface area contributed by atoms with Crippen molar-refractivity contribution in [3.8, 4) is 0 Å². The lowest BCUT2D eigenvalue weighted by Gasteiger charge is -2.16. The van der Waals surface area contributed by atoms with Gasteiger partial charge in [0.2, 0.25) is 0 Å². The second-order valence-corrected chi connectivity index (χ2v) is 2.39. The Balaban J connectivity index is 3.42. The molecule has 0 rings (SSSR count). The molecule has 0 saturated heterocycles. The Bertz CT molecular complexity index is 79.0. The molecule has 0 fully saturated rings. The molecule has 0 aliphatic rings. The molecule has 0 aromatic rings. The number of hydrogen-bond donors (Lipinski definition) is 1. The van der Waals surface area contributed by atoms with E-state index < -0.39 is 0 Å². The summed E-state index contributed by atoms with van der Waals surface area (Å²) in [6.07, 6.45) is 1.92. The second-order valence-electron chi connectivity index (χ2n) is 2.39. The van der Waals surface area contributed by atoms with Gasteiger partial charge in [-0.1, -0.05) is 6.08 Å². The van der Waals surface area contributed by atoms with Crippen LogP contribution < -0.4 is 5.32 Å². The van der Waals surface area contributed by atoms with Gasteiger partial charge >= 0.3 is 0 Å². The van der Waals surface area contributed by atoms with Gasteiger partial charge in [-0.3, -0.25) is 0 Å². The molecule has 0 spiro atoms. The Labute approximate surface area is 57.5 Å². The Morgan fingerprint density at radius 2 is 2.22 bits per heavy atom. The zero-order chi connectivity index (χ0) is 7.28. The molecule has 1 atom stereocenters. The monoisotopic (exact) mass is 128 g/mol. The SMILES string of the molecule is C=CC(CN(C)C)NC. The molecule has 0 heterocycles. The van der Waals surface area contributed by atoms with Crippen LogP contribution in [0.25, 0.3) is 0 Å². The Morgan fingerprint density at radius 3 is 2.33 bits per heavy atom. The first-order valence-corrected chi connectivity index (χ1v) is 3.15. The van der Waals surface area contributed by atoms with Crippen LogP contribution in [-0.4, -0.2) is 38.6 Å². The van der Waals surface area contributed by atoms with Crippen LogP contribution in [0.2, 0.25) is 0 Å². The number of hydrogen-bond acceptors (Lipinski definition) is 2. The van der Waals surface area contributed by atoms with Crippen LogP contribution in [0.4, 0.5) is 0 Å². The minimum absolute atomic E-state index is 0.417. The normalized spacial score (nSPS) is 13.8. The summed E-state index contributed by atoms with van der Waals surface area (Å²) in [6.45, 7) is 4.71. The molecule has 0 aliphatic heterocycles. The van der Waals surface area contributed by atoms with Crippen molar-refractivity contribution in [2.24, 2.45) is 0 Å². The van der Waals surface area contributed by atoms with Gasteiger partial charge in [-0.25, -0.2) is 0 Å². The highest BCUT2D eigenvalue weighted by molar-refractivity contribution is 4.85. The van der Waals surface area contributed by atoms with Crippen LogP contribution in [0.5, 0.6) is 0 Å². The van der Waals surface area contributed by atoms with Crippen molar-refractivity contribution in [1.82, 2.24) is 10.2 Å². The van der Waals surface area contributed by atoms with Crippen LogP contribution in [0.1, 0.15) is 0 Å². The molecule has 0 amide bonds. The van der Waals surface area contributed by atoms with E-state index in [4.69, 9.17) is 0 Å². The maximum absolute atomic E-state index is 3.70. The molecule has 0 saturated carbocycles. The van der Waals surface area contributed by atoms with Gasteiger partial charge in [-0.15, -0.1) is 6.58 Å². The van der Waals surface area contributed by atoms with E-state index in [1.165, 1.54) is 0 Å². The average molecular weight is 128 g/mol. The summed E-state index contributed by atoms with van der Waals surface area (Å²) in [5.41, 5.74) is 0. The fraction of sp³-hybridized carbons (Fsp3) is 0.714. The fourth-order valence-corrected chi connectivity index (χ4v) is 0.677. The van der Waals surface area contributed by atoms with Crippen molar-refractivity contribution < 1.29 is 0 Å². The molecule has 1 unspecified atom stereocenters. The number of likely N-dealkylation sites (N-methyl/N-ethyl adjacent to an activating group) is 2. The van der Waals surface area contributed by atoms with Gasteiger partial charge in [0.15, 0.2) is 0 Å². The third kappa shape index (κ3) is 4.18. The molecule has 1 N–H and O–H groups in total. The molecule has 54 valence electrons. The molecule has 0 aromatic heterocycles. The van der Waals surface area contributed by atoms with Crippen molar-refractivity contribution >= 4 is 0 Å². The number of rotatable bonds is 4. The predicted molar refractivity (Wildman–Crippen MR) is 41.6 cm³/mol. The summed E-state index contributed by atoms with van der Waals surface area (Å²) in [7, 11) is 6.04. The van der Waals surface area contributed by atoms with Gasteiger partial charge in [0.1, 0.15) is 0 Å². The van der Waals surface area contributed by atoms with Gasteiger partial charge in [-0.05, 0) is 21.1 Å². The Hall–Kier alpha value is -0.340. The quantitative estimate of drug-likeness (QED) is 0.549. The zero-order valence-electron chi connectivity index (χ0n) is 6.52. The van der Waals surface area contributed by atoms with Gasteiger partial charge in [-0.2, -0.15) is 0 Å². The highest BCUT2D eigenvalue weighted by Gasteiger charge is 1.99. The van der Waals surface area contributed by atoms with Crippen molar-refractivity contribution in [3.63, 3.8) is 0 Å². The van der Waals surface area contributed by atoms with E-state index in [2.05, 4.69) is 16.8 Å². The minimum Gasteiger partial charge on any atom is -0.312 e. The van der Waals surface area contributed by atoms with Crippen molar-refractivity contribution in [2.75, 3.05) is 27.7 Å². The standard InChI is InChI=1S/C7H16N2/c1-5-7(8-2)6-9(3)4/h5,7-8H,1,6H2,2-4H3. The maximum atomic E-state index is 3.70. The first kappa shape index (κ1) is 8.66. The summed E-state index contributed by atoms with van der Waals surface area (Å²) in [5.74, 6) is 0. The van der Waals surface area contributed by atoms with Gasteiger partial charge in [0.05, 0.1) is 0 Å². The molecule has 2 heteroatoms. The van der Waals surface area contributed by atoms with Crippen LogP contribution in [0.3, 0.4) is 0 Å². The van der Waals surface area contributed by atoms with E-state index in [0.717, 1.165) is 6.54 Å². The largest absolute Gasteiger partial charge is 0.312 e. The third-order valence-electron chi connectivity index (χ3n) is 1.22. The second kappa shape index (κ2) is 4.53. The lowest BCUT2D eigenvalue weighted by atomic mass is 10.3. The van der Waals surface area contributed by atoms with E-state index in [1.54, 1.807) is 0 Å². The van der Waals surface area contributed by atoms with Crippen molar-refractivity contribution in [2.45, 2.75) is 6.04 Å². The minimum atomic E-state index is 0.417. The summed E-state index contributed by atoms with van der Waals surface area (Å²) in [6, 6.07) is 0.417. The molecule has 0 aliphatic carbocycles. The molecule has 9 heavy (non-hydrogen) atoms. The maximum Gasteiger partial charge on any atom is 0.0373 e. The number of nitrogens with zero attached hydrogens (tertiary/aromatic N) is 1. The lowest BCUT2D eigenvalue weighted by molar-refractivity contribution is 0.376. The highest BCUT2D eigenvalue weighted by Crippen LogP contribution is 1.84. The summed E-state index contributed by atoms with van der Waals surface area (Å²) < 4.78 is 0. The van der Waals surface area contributed by atoms with E-state index in [1.807, 2.05) is 27.2 Å². The number of nitrogens with one attached hydrogen (secondary N) is 1. The topological polar surface area (TPSA) is 15.3 Å². The first-order valence-electron chi connectivity index (χ1n) is 3.15. The van der Waals surface area contributed by atoms with Gasteiger partial charge in [0.25, 0.3) is 0 Å². The summed E-state index contributed by atoms with van der Waals surface area (Å²) in [4.78, 5) is 2.13. The molecular formula is C7H16N2. The highest BCUT2D eigenvalue weighted by atomic mass is 15.1. The van der Waals surface area contributed by atoms with E-state index >= 15 is 0 Å². The molecule has 0 aromatic carbocycles. The van der Waals surface area contributed by atoms with E-state index in [0.29, 0.717) is 6.04 Å². The third-order valence-corrected chi connectivity index (χ3v) is 1.22. The molecule has 0 bridgehead atoms. The average Bonchev–Trinajstić information content (AvgIpc) is 1.82. The zero-order valence-corrected chi connectivity index (χ0v) is 6.52. The predicted octanol–water partition coefficient (Wildman–Crippen LogP) is 0.322. The fourth-order valence-electron chi connectivity index (χ4n) is 0.677. The Kier molecular flexibility index (Phi) is 4.36. The van der Waals surface area contributed by atoms with E-state index in [9.17, 15) is 0 Å². The van der Waals surface area contributed by atoms with Gasteiger partial charge < -0.3 is 10.2 Å². The Morgan fingerprint density at radius 1 is 1.67 bits per heavy atom. The van der Waals surface area contributed by atoms with E-state index in [-0.39, 0.29) is 0 Å². The lowest BCUT2D eigenvalue weighted by Crippen LogP contribution is -2.33.